The third kappa shape index (κ3) is 2.44. The highest BCUT2D eigenvalue weighted by Gasteiger charge is 2.19. The fraction of sp³-hybridized carbons (Fsp3) is 0.0714. The lowest BCUT2D eigenvalue weighted by molar-refractivity contribution is 0.0701. The number of halogens is 1. The fourth-order valence-electron chi connectivity index (χ4n) is 2.11. The minimum atomic E-state index is -1.00. The van der Waals surface area contributed by atoms with Crippen LogP contribution in [0.15, 0.2) is 24.5 Å². The van der Waals surface area contributed by atoms with E-state index < -0.39 is 5.97 Å². The van der Waals surface area contributed by atoms with E-state index >= 15 is 0 Å². The lowest BCUT2D eigenvalue weighted by Crippen LogP contribution is -1.97. The normalized spacial score (nSPS) is 10.8. The number of aryl methyl sites for hydroxylation is 1. The summed E-state index contributed by atoms with van der Waals surface area (Å²) < 4.78 is 0. The molecule has 0 radical (unpaired) electrons. The van der Waals surface area contributed by atoms with Crippen molar-refractivity contribution >= 4 is 50.6 Å². The van der Waals surface area contributed by atoms with Crippen LogP contribution in [0, 0.1) is 6.92 Å². The number of hydrogen-bond acceptors (Lipinski definition) is 6. The van der Waals surface area contributed by atoms with Gasteiger partial charge in [-0.1, -0.05) is 11.6 Å². The Kier molecular flexibility index (Phi) is 3.59. The lowest BCUT2D eigenvalue weighted by atomic mass is 10.2. The number of aromatic hydroxyl groups is 1. The quantitative estimate of drug-likeness (QED) is 0.630. The highest BCUT2D eigenvalue weighted by molar-refractivity contribution is 7.20. The zero-order chi connectivity index (χ0) is 15.9. The zero-order valence-corrected chi connectivity index (χ0v) is 12.9. The van der Waals surface area contributed by atoms with Gasteiger partial charge in [-0.15, -0.1) is 11.3 Å². The Morgan fingerprint density at radius 1 is 1.36 bits per heavy atom. The molecule has 0 aliphatic carbocycles. The summed E-state index contributed by atoms with van der Waals surface area (Å²) in [6.45, 7) is 1.70. The van der Waals surface area contributed by atoms with Crippen LogP contribution in [0.25, 0.3) is 10.2 Å². The number of carboxylic acids is 1. The Hall–Kier alpha value is -2.38. The van der Waals surface area contributed by atoms with Gasteiger partial charge in [-0.2, -0.15) is 0 Å². The number of hydrogen-bond donors (Lipinski definition) is 3. The third-order valence-electron chi connectivity index (χ3n) is 3.13. The van der Waals surface area contributed by atoms with Crippen molar-refractivity contribution in [2.75, 3.05) is 5.32 Å². The highest BCUT2D eigenvalue weighted by Crippen LogP contribution is 2.36. The Morgan fingerprint density at radius 3 is 2.86 bits per heavy atom. The molecule has 3 aromatic rings. The van der Waals surface area contributed by atoms with Crippen molar-refractivity contribution < 1.29 is 15.0 Å². The van der Waals surface area contributed by atoms with Crippen LogP contribution >= 0.6 is 22.9 Å². The third-order valence-corrected chi connectivity index (χ3v) is 4.56. The van der Waals surface area contributed by atoms with Gasteiger partial charge in [0, 0.05) is 5.02 Å². The highest BCUT2D eigenvalue weighted by atomic mass is 35.5. The van der Waals surface area contributed by atoms with E-state index in [4.69, 9.17) is 11.6 Å². The molecule has 6 nitrogen and oxygen atoms in total. The second-order valence-corrected chi connectivity index (χ2v) is 5.99. The average Bonchev–Trinajstić information content (AvgIpc) is 2.81. The van der Waals surface area contributed by atoms with E-state index in [0.717, 1.165) is 11.3 Å². The summed E-state index contributed by atoms with van der Waals surface area (Å²) in [5.41, 5.74) is 0.965. The first-order chi connectivity index (χ1) is 10.5. The van der Waals surface area contributed by atoms with Crippen LogP contribution in [-0.4, -0.2) is 26.2 Å². The van der Waals surface area contributed by atoms with Gasteiger partial charge in [-0.3, -0.25) is 0 Å². The summed E-state index contributed by atoms with van der Waals surface area (Å²) in [5.74, 6) is -0.566. The number of rotatable bonds is 3. The van der Waals surface area contributed by atoms with E-state index in [-0.39, 0.29) is 10.6 Å². The number of nitrogens with zero attached hydrogens (tertiary/aromatic N) is 2. The molecule has 0 unspecified atom stereocenters. The molecule has 0 saturated carbocycles. The van der Waals surface area contributed by atoms with E-state index in [2.05, 4.69) is 15.3 Å². The Bertz CT molecular complexity index is 894. The van der Waals surface area contributed by atoms with Gasteiger partial charge in [0.15, 0.2) is 0 Å². The Morgan fingerprint density at radius 2 is 2.14 bits per heavy atom. The number of thiophene rings is 1. The molecule has 1 aromatic carbocycles. The van der Waals surface area contributed by atoms with Gasteiger partial charge < -0.3 is 15.5 Å². The van der Waals surface area contributed by atoms with Gasteiger partial charge in [0.1, 0.15) is 27.6 Å². The predicted molar refractivity (Wildman–Crippen MR) is 85.5 cm³/mol. The summed E-state index contributed by atoms with van der Waals surface area (Å²) in [6, 6.07) is 4.59. The Balaban J connectivity index is 2.15. The number of benzene rings is 1. The molecule has 0 fully saturated rings. The second-order valence-electron chi connectivity index (χ2n) is 4.55. The molecule has 22 heavy (non-hydrogen) atoms. The molecule has 0 spiro atoms. The van der Waals surface area contributed by atoms with Gasteiger partial charge in [0.2, 0.25) is 0 Å². The summed E-state index contributed by atoms with van der Waals surface area (Å²) >= 11 is 7.00. The standard InChI is InChI=1S/C14H10ClN3O3S/c1-6-10-12(18-8-4-7(15)2-3-9(8)19)16-5-17-13(10)22-11(6)14(20)21/h2-5,19H,1H3,(H,20,21)(H,16,17,18). The maximum Gasteiger partial charge on any atom is 0.346 e. The van der Waals surface area contributed by atoms with Gasteiger partial charge in [0.05, 0.1) is 11.1 Å². The van der Waals surface area contributed by atoms with E-state index in [1.54, 1.807) is 19.1 Å². The molecule has 0 atom stereocenters. The van der Waals surface area contributed by atoms with E-state index in [1.165, 1.54) is 12.4 Å². The maximum absolute atomic E-state index is 11.2. The van der Waals surface area contributed by atoms with Crippen molar-refractivity contribution in [2.45, 2.75) is 6.92 Å². The number of aromatic carboxylic acids is 1. The molecule has 2 heterocycles. The van der Waals surface area contributed by atoms with Crippen LogP contribution in [0.3, 0.4) is 0 Å². The van der Waals surface area contributed by atoms with Crippen LogP contribution in [0.1, 0.15) is 15.2 Å². The number of fused-ring (bicyclic) bond motifs is 1. The molecule has 0 amide bonds. The predicted octanol–water partition coefficient (Wildman–Crippen LogP) is 3.80. The second kappa shape index (κ2) is 5.43. The summed E-state index contributed by atoms with van der Waals surface area (Å²) in [4.78, 5) is 20.3. The van der Waals surface area contributed by atoms with Crippen molar-refractivity contribution in [3.63, 3.8) is 0 Å². The molecular formula is C14H10ClN3O3S. The summed E-state index contributed by atoms with van der Waals surface area (Å²) in [5, 5.41) is 23.1. The van der Waals surface area contributed by atoms with Crippen molar-refractivity contribution in [2.24, 2.45) is 0 Å². The summed E-state index contributed by atoms with van der Waals surface area (Å²) in [7, 11) is 0. The molecule has 112 valence electrons. The topological polar surface area (TPSA) is 95.3 Å². The smallest absolute Gasteiger partial charge is 0.346 e. The van der Waals surface area contributed by atoms with Gasteiger partial charge in [0.25, 0.3) is 0 Å². The molecule has 3 N–H and O–H groups in total. The maximum atomic E-state index is 11.2. The van der Waals surface area contributed by atoms with Gasteiger partial charge in [-0.25, -0.2) is 14.8 Å². The van der Waals surface area contributed by atoms with Crippen molar-refractivity contribution in [1.29, 1.82) is 0 Å². The minimum Gasteiger partial charge on any atom is -0.506 e. The molecule has 0 aliphatic rings. The lowest BCUT2D eigenvalue weighted by Gasteiger charge is -2.09. The molecular weight excluding hydrogens is 326 g/mol. The average molecular weight is 336 g/mol. The first-order valence-electron chi connectivity index (χ1n) is 6.20. The molecule has 8 heteroatoms. The largest absolute Gasteiger partial charge is 0.506 e. The number of aromatic nitrogens is 2. The number of carbonyl (C=O) groups is 1. The monoisotopic (exact) mass is 335 g/mol. The molecule has 0 saturated heterocycles. The Labute approximate surface area is 134 Å². The summed E-state index contributed by atoms with van der Waals surface area (Å²) in [6.07, 6.45) is 1.34. The van der Waals surface area contributed by atoms with Gasteiger partial charge in [-0.05, 0) is 30.7 Å². The van der Waals surface area contributed by atoms with E-state index in [9.17, 15) is 15.0 Å². The number of anilines is 2. The van der Waals surface area contributed by atoms with E-state index in [1.807, 2.05) is 0 Å². The van der Waals surface area contributed by atoms with Crippen LogP contribution in [0.4, 0.5) is 11.5 Å². The number of phenols is 1. The van der Waals surface area contributed by atoms with Crippen molar-refractivity contribution in [3.05, 3.63) is 40.0 Å². The number of carboxylic acid groups (broad SMARTS) is 1. The van der Waals surface area contributed by atoms with Gasteiger partial charge >= 0.3 is 5.97 Å². The first kappa shape index (κ1) is 14.6. The van der Waals surface area contributed by atoms with Crippen LogP contribution in [0.5, 0.6) is 5.75 Å². The minimum absolute atomic E-state index is 0.0162. The number of nitrogens with one attached hydrogen (secondary N) is 1. The SMILES string of the molecule is Cc1c(C(=O)O)sc2ncnc(Nc3cc(Cl)ccc3O)c12. The number of phenolic OH excluding ortho intramolecular Hbond substituents is 1. The first-order valence-corrected chi connectivity index (χ1v) is 7.39. The van der Waals surface area contributed by atoms with Crippen molar-refractivity contribution in [1.82, 2.24) is 9.97 Å². The van der Waals surface area contributed by atoms with Crippen LogP contribution in [0.2, 0.25) is 5.02 Å². The zero-order valence-electron chi connectivity index (χ0n) is 11.3. The molecule has 0 aliphatic heterocycles. The molecule has 2 aromatic heterocycles. The molecule has 3 rings (SSSR count). The molecule has 0 bridgehead atoms. The van der Waals surface area contributed by atoms with Crippen molar-refractivity contribution in [3.8, 4) is 5.75 Å². The van der Waals surface area contributed by atoms with Crippen LogP contribution in [-0.2, 0) is 0 Å². The van der Waals surface area contributed by atoms with E-state index in [0.29, 0.717) is 32.3 Å². The fourth-order valence-corrected chi connectivity index (χ4v) is 3.27. The van der Waals surface area contributed by atoms with Crippen LogP contribution < -0.4 is 5.32 Å².